The van der Waals surface area contributed by atoms with Gasteiger partial charge in [-0.3, -0.25) is 0 Å². The molecule has 0 bridgehead atoms. The third-order valence-electron chi connectivity index (χ3n) is 3.90. The van der Waals surface area contributed by atoms with Crippen LogP contribution in [0.1, 0.15) is 21.1 Å². The van der Waals surface area contributed by atoms with Gasteiger partial charge in [-0.1, -0.05) is 30.3 Å². The molecule has 1 heterocycles. The summed E-state index contributed by atoms with van der Waals surface area (Å²) in [6, 6.07) is 14.9. The largest absolute Gasteiger partial charge is 0.246 e. The first-order valence-electron chi connectivity index (χ1n) is 8.18. The monoisotopic (exact) mass is 390 g/mol. The lowest BCUT2D eigenvalue weighted by Crippen LogP contribution is -2.25. The molecule has 1 aromatic heterocycles. The molecule has 0 amide bonds. The molecule has 1 N–H and O–H groups in total. The van der Waals surface area contributed by atoms with Crippen molar-refractivity contribution < 1.29 is 12.8 Å². The van der Waals surface area contributed by atoms with Gasteiger partial charge in [0.15, 0.2) is 0 Å². The fraction of sp³-hybridized carbons (Fsp3) is 0.211. The molecule has 0 aliphatic heterocycles. The lowest BCUT2D eigenvalue weighted by Gasteiger charge is -2.05. The van der Waals surface area contributed by atoms with Crippen LogP contribution in [-0.2, 0) is 22.9 Å². The molecule has 0 radical (unpaired) electrons. The van der Waals surface area contributed by atoms with Crippen LogP contribution in [0.4, 0.5) is 4.39 Å². The average Bonchev–Trinajstić information content (AvgIpc) is 2.95. The molecule has 26 heavy (non-hydrogen) atoms. The number of sulfonamides is 1. The summed E-state index contributed by atoms with van der Waals surface area (Å²) in [7, 11) is -3.64. The third kappa shape index (κ3) is 4.75. The Bertz CT molecular complexity index is 969. The average molecular weight is 391 g/mol. The van der Waals surface area contributed by atoms with Crippen molar-refractivity contribution in [3.05, 3.63) is 81.6 Å². The minimum Gasteiger partial charge on any atom is -0.246 e. The number of aromatic nitrogens is 1. The van der Waals surface area contributed by atoms with Crippen molar-refractivity contribution in [2.75, 3.05) is 6.54 Å². The van der Waals surface area contributed by atoms with Crippen LogP contribution in [0.3, 0.4) is 0 Å². The standard InChI is InChI=1S/C19H19FN2O2S2/c1-14-18(13-15-5-3-2-4-6-15)25-19(22-14)11-12-21-26(23,24)17-9-7-16(20)8-10-17/h2-10,21H,11-13H2,1H3. The molecule has 0 aliphatic carbocycles. The van der Waals surface area contributed by atoms with Crippen molar-refractivity contribution in [3.63, 3.8) is 0 Å². The van der Waals surface area contributed by atoms with E-state index in [0.717, 1.165) is 29.3 Å². The fourth-order valence-electron chi connectivity index (χ4n) is 2.53. The van der Waals surface area contributed by atoms with E-state index in [-0.39, 0.29) is 11.4 Å². The van der Waals surface area contributed by atoms with Crippen molar-refractivity contribution in [1.29, 1.82) is 0 Å². The highest BCUT2D eigenvalue weighted by molar-refractivity contribution is 7.89. The molecule has 0 atom stereocenters. The number of hydrogen-bond acceptors (Lipinski definition) is 4. The van der Waals surface area contributed by atoms with Gasteiger partial charge in [-0.05, 0) is 36.8 Å². The number of halogens is 1. The van der Waals surface area contributed by atoms with Crippen LogP contribution in [0.15, 0.2) is 59.5 Å². The number of nitrogens with one attached hydrogen (secondary N) is 1. The number of nitrogens with zero attached hydrogens (tertiary/aromatic N) is 1. The van der Waals surface area contributed by atoms with Crippen LogP contribution >= 0.6 is 11.3 Å². The normalized spacial score (nSPS) is 11.6. The van der Waals surface area contributed by atoms with E-state index in [9.17, 15) is 12.8 Å². The molecule has 0 aliphatic rings. The molecular weight excluding hydrogens is 371 g/mol. The predicted octanol–water partition coefficient (Wildman–Crippen LogP) is 3.70. The molecule has 7 heteroatoms. The second kappa shape index (κ2) is 8.07. The molecular formula is C19H19FN2O2S2. The van der Waals surface area contributed by atoms with Crippen molar-refractivity contribution in [2.45, 2.75) is 24.7 Å². The first-order valence-corrected chi connectivity index (χ1v) is 10.5. The smallest absolute Gasteiger partial charge is 0.240 e. The highest BCUT2D eigenvalue weighted by Gasteiger charge is 2.14. The van der Waals surface area contributed by atoms with E-state index >= 15 is 0 Å². The second-order valence-electron chi connectivity index (χ2n) is 5.88. The summed E-state index contributed by atoms with van der Waals surface area (Å²) in [6.45, 7) is 2.22. The van der Waals surface area contributed by atoms with E-state index < -0.39 is 15.8 Å². The molecule has 0 saturated heterocycles. The van der Waals surface area contributed by atoms with E-state index in [4.69, 9.17) is 0 Å². The zero-order valence-corrected chi connectivity index (χ0v) is 15.9. The molecule has 0 unspecified atom stereocenters. The molecule has 3 rings (SSSR count). The van der Waals surface area contributed by atoms with Gasteiger partial charge in [0.25, 0.3) is 0 Å². The van der Waals surface area contributed by atoms with E-state index in [2.05, 4.69) is 21.8 Å². The SMILES string of the molecule is Cc1nc(CCNS(=O)(=O)c2ccc(F)cc2)sc1Cc1ccccc1. The second-order valence-corrected chi connectivity index (χ2v) is 8.82. The van der Waals surface area contributed by atoms with Gasteiger partial charge in [-0.2, -0.15) is 0 Å². The third-order valence-corrected chi connectivity index (χ3v) is 6.59. The fourth-order valence-corrected chi connectivity index (χ4v) is 4.67. The summed E-state index contributed by atoms with van der Waals surface area (Å²) in [4.78, 5) is 5.79. The summed E-state index contributed by atoms with van der Waals surface area (Å²) in [6.07, 6.45) is 1.34. The molecule has 4 nitrogen and oxygen atoms in total. The Hall–Kier alpha value is -2.09. The van der Waals surface area contributed by atoms with Gasteiger partial charge >= 0.3 is 0 Å². The van der Waals surface area contributed by atoms with Gasteiger partial charge in [0, 0.05) is 24.3 Å². The Balaban J connectivity index is 1.60. The Morgan fingerprint density at radius 3 is 2.46 bits per heavy atom. The summed E-state index contributed by atoms with van der Waals surface area (Å²) in [5, 5.41) is 0.898. The van der Waals surface area contributed by atoms with Crippen LogP contribution in [-0.4, -0.2) is 19.9 Å². The number of hydrogen-bond donors (Lipinski definition) is 1. The van der Waals surface area contributed by atoms with E-state index in [1.54, 1.807) is 11.3 Å². The zero-order chi connectivity index (χ0) is 18.6. The molecule has 0 saturated carbocycles. The lowest BCUT2D eigenvalue weighted by atomic mass is 10.1. The summed E-state index contributed by atoms with van der Waals surface area (Å²) >= 11 is 1.61. The number of benzene rings is 2. The highest BCUT2D eigenvalue weighted by Crippen LogP contribution is 2.22. The van der Waals surface area contributed by atoms with Crippen molar-refractivity contribution >= 4 is 21.4 Å². The molecule has 0 spiro atoms. The minimum atomic E-state index is -3.64. The van der Waals surface area contributed by atoms with Gasteiger partial charge in [-0.15, -0.1) is 11.3 Å². The maximum absolute atomic E-state index is 12.9. The minimum absolute atomic E-state index is 0.0546. The predicted molar refractivity (Wildman–Crippen MR) is 101 cm³/mol. The Kier molecular flexibility index (Phi) is 5.80. The topological polar surface area (TPSA) is 59.1 Å². The van der Waals surface area contributed by atoms with E-state index in [0.29, 0.717) is 6.42 Å². The van der Waals surface area contributed by atoms with Crippen LogP contribution in [0.5, 0.6) is 0 Å². The summed E-state index contributed by atoms with van der Waals surface area (Å²) < 4.78 is 39.9. The van der Waals surface area contributed by atoms with Crippen LogP contribution in [0, 0.1) is 12.7 Å². The Labute approximate surface area is 156 Å². The van der Waals surface area contributed by atoms with E-state index in [1.165, 1.54) is 22.6 Å². The van der Waals surface area contributed by atoms with Crippen LogP contribution < -0.4 is 4.72 Å². The number of rotatable bonds is 7. The van der Waals surface area contributed by atoms with Gasteiger partial charge < -0.3 is 0 Å². The summed E-state index contributed by atoms with van der Waals surface area (Å²) in [5.74, 6) is -0.465. The van der Waals surface area contributed by atoms with Crippen LogP contribution in [0.2, 0.25) is 0 Å². The van der Waals surface area contributed by atoms with Gasteiger partial charge in [0.1, 0.15) is 5.82 Å². The molecule has 0 fully saturated rings. The van der Waals surface area contributed by atoms with Gasteiger partial charge in [-0.25, -0.2) is 22.5 Å². The van der Waals surface area contributed by atoms with Crippen LogP contribution in [0.25, 0.3) is 0 Å². The first-order chi connectivity index (χ1) is 12.4. The van der Waals surface area contributed by atoms with Crippen molar-refractivity contribution in [1.82, 2.24) is 9.71 Å². The Morgan fingerprint density at radius 1 is 1.08 bits per heavy atom. The highest BCUT2D eigenvalue weighted by atomic mass is 32.2. The number of aryl methyl sites for hydroxylation is 1. The molecule has 136 valence electrons. The van der Waals surface area contributed by atoms with Crippen molar-refractivity contribution in [2.24, 2.45) is 0 Å². The number of thiazole rings is 1. The Morgan fingerprint density at radius 2 is 1.77 bits per heavy atom. The molecule has 3 aromatic rings. The lowest BCUT2D eigenvalue weighted by molar-refractivity contribution is 0.580. The van der Waals surface area contributed by atoms with E-state index in [1.807, 2.05) is 25.1 Å². The van der Waals surface area contributed by atoms with Gasteiger partial charge in [0.2, 0.25) is 10.0 Å². The summed E-state index contributed by atoms with van der Waals surface area (Å²) in [5.41, 5.74) is 2.21. The maximum atomic E-state index is 12.9. The van der Waals surface area contributed by atoms with Crippen molar-refractivity contribution in [3.8, 4) is 0 Å². The molecule has 2 aromatic carbocycles. The maximum Gasteiger partial charge on any atom is 0.240 e. The quantitative estimate of drug-likeness (QED) is 0.669. The zero-order valence-electron chi connectivity index (χ0n) is 14.3. The van der Waals surface area contributed by atoms with Gasteiger partial charge in [0.05, 0.1) is 15.6 Å². The first kappa shape index (κ1) is 18.7.